The average molecular weight is 425 g/mol. The van der Waals surface area contributed by atoms with Gasteiger partial charge in [0, 0.05) is 25.0 Å². The number of rotatable bonds is 6. The van der Waals surface area contributed by atoms with Crippen molar-refractivity contribution in [2.45, 2.75) is 44.4 Å². The quantitative estimate of drug-likeness (QED) is 0.505. The Morgan fingerprint density at radius 2 is 1.64 bits per heavy atom. The lowest BCUT2D eigenvalue weighted by atomic mass is 10.2. The van der Waals surface area contributed by atoms with Gasteiger partial charge in [0.1, 0.15) is 12.6 Å². The summed E-state index contributed by atoms with van der Waals surface area (Å²) in [6.45, 7) is 1.54. The maximum atomic E-state index is 12.8. The number of hydrogen-bond acceptors (Lipinski definition) is 9. The molecule has 2 fully saturated rings. The molecule has 0 saturated carbocycles. The van der Waals surface area contributed by atoms with Crippen LogP contribution in [0.1, 0.15) is 31.2 Å². The van der Waals surface area contributed by atoms with Gasteiger partial charge in [-0.1, -0.05) is 30.3 Å². The second kappa shape index (κ2) is 10.3. The third kappa shape index (κ3) is 5.50. The summed E-state index contributed by atoms with van der Waals surface area (Å²) < 4.78 is 13.7. The van der Waals surface area contributed by atoms with Crippen molar-refractivity contribution < 1.29 is 23.9 Å². The number of carbonyl (C=O) groups excluding carboxylic acids is 3. The average Bonchev–Trinajstić information content (AvgIpc) is 3.36. The topological polar surface area (TPSA) is 76.2 Å². The maximum Gasteiger partial charge on any atom is 0.383 e. The van der Waals surface area contributed by atoms with E-state index in [9.17, 15) is 14.4 Å². The molecule has 3 rings (SSSR count). The Bertz CT molecular complexity index is 703. The Kier molecular flexibility index (Phi) is 7.78. The van der Waals surface area contributed by atoms with E-state index in [0.717, 1.165) is 42.3 Å². The van der Waals surface area contributed by atoms with Gasteiger partial charge in [0.15, 0.2) is 0 Å². The van der Waals surface area contributed by atoms with E-state index in [1.54, 1.807) is 4.31 Å². The number of benzene rings is 1. The fourth-order valence-corrected chi connectivity index (χ4v) is 5.38. The molecule has 152 valence electrons. The molecule has 0 spiro atoms. The van der Waals surface area contributed by atoms with Crippen LogP contribution in [0.25, 0.3) is 0 Å². The predicted molar refractivity (Wildman–Crippen MR) is 108 cm³/mol. The van der Waals surface area contributed by atoms with Gasteiger partial charge in [-0.2, -0.15) is 0 Å². The first-order chi connectivity index (χ1) is 13.6. The molecule has 1 aromatic carbocycles. The highest BCUT2D eigenvalue weighted by molar-refractivity contribution is 8.12. The largest absolute Gasteiger partial charge is 0.468 e. The fraction of sp³-hybridized carbons (Fsp3) is 0.526. The van der Waals surface area contributed by atoms with Crippen molar-refractivity contribution in [3.05, 3.63) is 35.9 Å². The predicted octanol–water partition coefficient (Wildman–Crippen LogP) is 3.25. The molecule has 2 aliphatic heterocycles. The van der Waals surface area contributed by atoms with E-state index in [-0.39, 0.29) is 29.8 Å². The molecule has 0 radical (unpaired) electrons. The highest BCUT2D eigenvalue weighted by Crippen LogP contribution is 2.33. The smallest absolute Gasteiger partial charge is 0.383 e. The van der Waals surface area contributed by atoms with Crippen LogP contribution in [0.4, 0.5) is 4.79 Å². The standard InChI is InChI=1S/C19H24N2O5S2/c1-25-17(22)15-9-5-11-20(15)27-18(23)16-10-6-12-21(16)28-19(24)26-13-14-7-3-2-4-8-14/h2-4,7-8,15-16H,5-6,9-13H2,1H3. The third-order valence-corrected chi connectivity index (χ3v) is 6.81. The first-order valence-electron chi connectivity index (χ1n) is 9.30. The minimum Gasteiger partial charge on any atom is -0.468 e. The molecule has 2 unspecified atom stereocenters. The van der Waals surface area contributed by atoms with Crippen LogP contribution in [0.3, 0.4) is 0 Å². The zero-order valence-corrected chi connectivity index (χ0v) is 17.4. The van der Waals surface area contributed by atoms with Crippen LogP contribution in [-0.2, 0) is 25.7 Å². The summed E-state index contributed by atoms with van der Waals surface area (Å²) in [4.78, 5) is 36.8. The van der Waals surface area contributed by atoms with Crippen molar-refractivity contribution in [1.29, 1.82) is 0 Å². The van der Waals surface area contributed by atoms with E-state index in [2.05, 4.69) is 0 Å². The summed E-state index contributed by atoms with van der Waals surface area (Å²) in [5.41, 5.74) is 0.920. The SMILES string of the molecule is COC(=O)C1CCCN1SC(=O)C1CCCN1SC(=O)OCc1ccccc1. The van der Waals surface area contributed by atoms with Crippen molar-refractivity contribution >= 4 is 40.3 Å². The van der Waals surface area contributed by atoms with Gasteiger partial charge in [-0.05, 0) is 43.2 Å². The molecule has 2 saturated heterocycles. The van der Waals surface area contributed by atoms with E-state index in [0.29, 0.717) is 25.9 Å². The number of carbonyl (C=O) groups is 3. The molecule has 1 aromatic rings. The molecule has 0 aromatic heterocycles. The van der Waals surface area contributed by atoms with Gasteiger partial charge >= 0.3 is 11.3 Å². The normalized spacial score (nSPS) is 22.9. The molecular formula is C19H24N2O5S2. The van der Waals surface area contributed by atoms with Gasteiger partial charge in [-0.3, -0.25) is 9.59 Å². The molecule has 0 N–H and O–H groups in total. The number of nitrogens with zero attached hydrogens (tertiary/aromatic N) is 2. The second-order valence-corrected chi connectivity index (χ2v) is 8.69. The van der Waals surface area contributed by atoms with E-state index >= 15 is 0 Å². The Hall–Kier alpha value is -1.55. The zero-order chi connectivity index (χ0) is 19.9. The molecule has 2 heterocycles. The third-order valence-electron chi connectivity index (χ3n) is 4.75. The van der Waals surface area contributed by atoms with Gasteiger partial charge < -0.3 is 9.47 Å². The van der Waals surface area contributed by atoms with Gasteiger partial charge in [0.25, 0.3) is 0 Å². The van der Waals surface area contributed by atoms with Crippen LogP contribution in [0, 0.1) is 0 Å². The fourth-order valence-electron chi connectivity index (χ4n) is 3.32. The van der Waals surface area contributed by atoms with Crippen molar-refractivity contribution in [3.63, 3.8) is 0 Å². The van der Waals surface area contributed by atoms with Crippen LogP contribution in [0.5, 0.6) is 0 Å². The van der Waals surface area contributed by atoms with Gasteiger partial charge in [-0.15, -0.1) is 0 Å². The van der Waals surface area contributed by atoms with Crippen LogP contribution < -0.4 is 0 Å². The van der Waals surface area contributed by atoms with Gasteiger partial charge in [0.2, 0.25) is 5.12 Å². The summed E-state index contributed by atoms with van der Waals surface area (Å²) in [6.07, 6.45) is 3.09. The lowest BCUT2D eigenvalue weighted by Crippen LogP contribution is -2.37. The van der Waals surface area contributed by atoms with Gasteiger partial charge in [0.05, 0.1) is 13.2 Å². The van der Waals surface area contributed by atoms with Crippen LogP contribution in [-0.4, -0.2) is 57.3 Å². The molecule has 2 aliphatic rings. The van der Waals surface area contributed by atoms with Crippen LogP contribution in [0.2, 0.25) is 0 Å². The number of esters is 1. The molecule has 28 heavy (non-hydrogen) atoms. The lowest BCUT2D eigenvalue weighted by Gasteiger charge is -2.24. The molecular weight excluding hydrogens is 400 g/mol. The summed E-state index contributed by atoms with van der Waals surface area (Å²) in [5.74, 6) is -0.306. The molecule has 2 atom stereocenters. The monoisotopic (exact) mass is 424 g/mol. The molecule has 0 bridgehead atoms. The highest BCUT2D eigenvalue weighted by atomic mass is 32.2. The Labute approximate surface area is 173 Å². The summed E-state index contributed by atoms with van der Waals surface area (Å²) >= 11 is 2.04. The van der Waals surface area contributed by atoms with Crippen molar-refractivity contribution in [2.75, 3.05) is 20.2 Å². The highest BCUT2D eigenvalue weighted by Gasteiger charge is 2.38. The molecule has 0 amide bonds. The van der Waals surface area contributed by atoms with Crippen molar-refractivity contribution in [1.82, 2.24) is 8.61 Å². The van der Waals surface area contributed by atoms with Gasteiger partial charge in [-0.25, -0.2) is 13.4 Å². The van der Waals surface area contributed by atoms with E-state index in [1.165, 1.54) is 7.11 Å². The van der Waals surface area contributed by atoms with E-state index < -0.39 is 5.30 Å². The van der Waals surface area contributed by atoms with Crippen LogP contribution in [0.15, 0.2) is 30.3 Å². The van der Waals surface area contributed by atoms with Crippen LogP contribution >= 0.6 is 23.9 Å². The molecule has 7 nitrogen and oxygen atoms in total. The Morgan fingerprint density at radius 3 is 2.32 bits per heavy atom. The summed E-state index contributed by atoms with van der Waals surface area (Å²) in [6, 6.07) is 8.74. The number of ether oxygens (including phenoxy) is 2. The maximum absolute atomic E-state index is 12.8. The summed E-state index contributed by atoms with van der Waals surface area (Å²) in [7, 11) is 1.36. The van der Waals surface area contributed by atoms with Crippen molar-refractivity contribution in [2.24, 2.45) is 0 Å². The first-order valence-corrected chi connectivity index (χ1v) is 10.8. The number of hydrogen-bond donors (Lipinski definition) is 0. The Morgan fingerprint density at radius 1 is 1.00 bits per heavy atom. The first kappa shape index (κ1) is 21.2. The van der Waals surface area contributed by atoms with Crippen molar-refractivity contribution in [3.8, 4) is 0 Å². The number of methoxy groups -OCH3 is 1. The van der Waals surface area contributed by atoms with E-state index in [4.69, 9.17) is 9.47 Å². The molecule has 0 aliphatic carbocycles. The Balaban J connectivity index is 1.50. The zero-order valence-electron chi connectivity index (χ0n) is 15.7. The molecule has 9 heteroatoms. The lowest BCUT2D eigenvalue weighted by molar-refractivity contribution is -0.144. The van der Waals surface area contributed by atoms with E-state index in [1.807, 2.05) is 34.6 Å². The summed E-state index contributed by atoms with van der Waals surface area (Å²) in [5, 5.41) is -0.459. The minimum atomic E-state index is -0.415. The minimum absolute atomic E-state index is 0.0448. The second-order valence-electron chi connectivity index (χ2n) is 6.65.